The van der Waals surface area contributed by atoms with Gasteiger partial charge in [-0.3, -0.25) is 14.6 Å². The highest BCUT2D eigenvalue weighted by atomic mass is 16.5. The molecule has 1 aromatic carbocycles. The van der Waals surface area contributed by atoms with Gasteiger partial charge in [0.15, 0.2) is 0 Å². The Morgan fingerprint density at radius 2 is 1.56 bits per heavy atom. The van der Waals surface area contributed by atoms with Gasteiger partial charge in [-0.2, -0.15) is 0 Å². The summed E-state index contributed by atoms with van der Waals surface area (Å²) < 4.78 is 5.82. The van der Waals surface area contributed by atoms with Crippen molar-refractivity contribution in [1.29, 1.82) is 0 Å². The summed E-state index contributed by atoms with van der Waals surface area (Å²) in [6.07, 6.45) is 7.06. The lowest BCUT2D eigenvalue weighted by atomic mass is 9.93. The SMILES string of the molecule is O=C(N1CCN(CCOc2ccccc2)CC1)C1(N2CCCC2)CCCC1. The summed E-state index contributed by atoms with van der Waals surface area (Å²) in [5, 5.41) is 0. The Morgan fingerprint density at radius 3 is 2.22 bits per heavy atom. The van der Waals surface area contributed by atoms with Crippen LogP contribution in [-0.4, -0.2) is 78.6 Å². The van der Waals surface area contributed by atoms with Gasteiger partial charge in [0, 0.05) is 32.7 Å². The standard InChI is InChI=1S/C22H33N3O2/c26-21(22(10-4-5-11-22)25-12-6-7-13-25)24-16-14-23(15-17-24)18-19-27-20-8-2-1-3-9-20/h1-3,8-9H,4-7,10-19H2. The zero-order valence-electron chi connectivity index (χ0n) is 16.4. The molecule has 5 nitrogen and oxygen atoms in total. The van der Waals surface area contributed by atoms with Gasteiger partial charge in [-0.15, -0.1) is 0 Å². The minimum absolute atomic E-state index is 0.172. The van der Waals surface area contributed by atoms with Crippen molar-refractivity contribution in [3.63, 3.8) is 0 Å². The average Bonchev–Trinajstić information content (AvgIpc) is 3.41. The van der Waals surface area contributed by atoms with Gasteiger partial charge in [0.05, 0.1) is 0 Å². The number of amides is 1. The van der Waals surface area contributed by atoms with Gasteiger partial charge >= 0.3 is 0 Å². The van der Waals surface area contributed by atoms with Crippen molar-refractivity contribution in [2.45, 2.75) is 44.1 Å². The smallest absolute Gasteiger partial charge is 0.243 e. The molecule has 0 spiro atoms. The number of carbonyl (C=O) groups is 1. The lowest BCUT2D eigenvalue weighted by molar-refractivity contribution is -0.145. The zero-order valence-corrected chi connectivity index (χ0v) is 16.4. The third-order valence-corrected chi connectivity index (χ3v) is 6.62. The Morgan fingerprint density at radius 1 is 0.889 bits per heavy atom. The minimum Gasteiger partial charge on any atom is -0.492 e. The van der Waals surface area contributed by atoms with Crippen LogP contribution in [-0.2, 0) is 4.79 Å². The maximum Gasteiger partial charge on any atom is 0.243 e. The van der Waals surface area contributed by atoms with E-state index in [9.17, 15) is 4.79 Å². The molecule has 3 aliphatic rings. The lowest BCUT2D eigenvalue weighted by Crippen LogP contribution is -2.61. The zero-order chi connectivity index (χ0) is 18.5. The Bertz CT molecular complexity index is 601. The summed E-state index contributed by atoms with van der Waals surface area (Å²) in [5.74, 6) is 1.35. The van der Waals surface area contributed by atoms with Crippen LogP contribution in [0, 0.1) is 0 Å². The van der Waals surface area contributed by atoms with Crippen LogP contribution in [0.5, 0.6) is 5.75 Å². The first-order chi connectivity index (χ1) is 13.3. The quantitative estimate of drug-likeness (QED) is 0.770. The summed E-state index contributed by atoms with van der Waals surface area (Å²) in [7, 11) is 0. The van der Waals surface area contributed by atoms with Crippen LogP contribution >= 0.6 is 0 Å². The maximum absolute atomic E-state index is 13.5. The molecule has 0 unspecified atom stereocenters. The first-order valence-corrected chi connectivity index (χ1v) is 10.7. The molecule has 0 aromatic heterocycles. The van der Waals surface area contributed by atoms with Crippen molar-refractivity contribution in [2.75, 3.05) is 52.4 Å². The Labute approximate surface area is 163 Å². The largest absolute Gasteiger partial charge is 0.492 e. The molecule has 5 heteroatoms. The number of nitrogens with zero attached hydrogens (tertiary/aromatic N) is 3. The molecule has 1 aromatic rings. The van der Waals surface area contributed by atoms with Crippen molar-refractivity contribution in [1.82, 2.24) is 14.7 Å². The molecule has 1 aliphatic carbocycles. The molecule has 3 fully saturated rings. The molecular formula is C22H33N3O2. The summed E-state index contributed by atoms with van der Waals surface area (Å²) >= 11 is 0. The molecule has 1 amide bonds. The molecule has 0 bridgehead atoms. The van der Waals surface area contributed by atoms with E-state index in [1.807, 2.05) is 30.3 Å². The molecule has 1 saturated carbocycles. The number of para-hydroxylation sites is 1. The van der Waals surface area contributed by atoms with Crippen LogP contribution in [0.3, 0.4) is 0 Å². The fourth-order valence-corrected chi connectivity index (χ4v) is 5.05. The van der Waals surface area contributed by atoms with Crippen LogP contribution in [0.4, 0.5) is 0 Å². The molecule has 27 heavy (non-hydrogen) atoms. The van der Waals surface area contributed by atoms with Crippen LogP contribution in [0.25, 0.3) is 0 Å². The van der Waals surface area contributed by atoms with Crippen LogP contribution in [0.2, 0.25) is 0 Å². The number of hydrogen-bond donors (Lipinski definition) is 0. The van der Waals surface area contributed by atoms with E-state index in [2.05, 4.69) is 14.7 Å². The third kappa shape index (κ3) is 4.14. The maximum atomic E-state index is 13.5. The predicted octanol–water partition coefficient (Wildman–Crippen LogP) is 2.62. The van der Waals surface area contributed by atoms with Crippen molar-refractivity contribution in [3.8, 4) is 5.75 Å². The van der Waals surface area contributed by atoms with Gasteiger partial charge in [0.25, 0.3) is 0 Å². The number of hydrogen-bond acceptors (Lipinski definition) is 4. The number of rotatable bonds is 6. The first-order valence-electron chi connectivity index (χ1n) is 10.7. The van der Waals surface area contributed by atoms with Gasteiger partial charge in [0.2, 0.25) is 5.91 Å². The highest BCUT2D eigenvalue weighted by Gasteiger charge is 2.48. The van der Waals surface area contributed by atoms with E-state index < -0.39 is 0 Å². The molecule has 2 aliphatic heterocycles. The average molecular weight is 372 g/mol. The highest BCUT2D eigenvalue weighted by Crippen LogP contribution is 2.39. The Kier molecular flexibility index (Phi) is 5.98. The Balaban J connectivity index is 1.26. The van der Waals surface area contributed by atoms with E-state index in [4.69, 9.17) is 4.74 Å². The molecule has 0 N–H and O–H groups in total. The molecule has 0 atom stereocenters. The molecule has 4 rings (SSSR count). The monoisotopic (exact) mass is 371 g/mol. The van der Waals surface area contributed by atoms with Crippen LogP contribution in [0.1, 0.15) is 38.5 Å². The van der Waals surface area contributed by atoms with E-state index >= 15 is 0 Å². The van der Waals surface area contributed by atoms with E-state index in [1.54, 1.807) is 0 Å². The summed E-state index contributed by atoms with van der Waals surface area (Å²) in [4.78, 5) is 20.5. The number of likely N-dealkylation sites (tertiary alicyclic amines) is 1. The second-order valence-corrected chi connectivity index (χ2v) is 8.23. The van der Waals surface area contributed by atoms with Gasteiger partial charge in [-0.05, 0) is 50.9 Å². The topological polar surface area (TPSA) is 36.0 Å². The second kappa shape index (κ2) is 8.61. The van der Waals surface area contributed by atoms with E-state index in [1.165, 1.54) is 25.7 Å². The molecule has 148 valence electrons. The van der Waals surface area contributed by atoms with Crippen molar-refractivity contribution in [2.24, 2.45) is 0 Å². The number of benzene rings is 1. The lowest BCUT2D eigenvalue weighted by Gasteiger charge is -2.43. The second-order valence-electron chi connectivity index (χ2n) is 8.23. The van der Waals surface area contributed by atoms with Crippen molar-refractivity contribution >= 4 is 5.91 Å². The predicted molar refractivity (Wildman–Crippen MR) is 107 cm³/mol. The fraction of sp³-hybridized carbons (Fsp3) is 0.682. The normalized spacial score (nSPS) is 23.6. The highest BCUT2D eigenvalue weighted by molar-refractivity contribution is 5.87. The number of carbonyl (C=O) groups excluding carboxylic acids is 1. The first kappa shape index (κ1) is 18.8. The third-order valence-electron chi connectivity index (χ3n) is 6.62. The number of piperazine rings is 1. The Hall–Kier alpha value is -1.59. The van der Waals surface area contributed by atoms with Crippen LogP contribution in [0.15, 0.2) is 30.3 Å². The summed E-state index contributed by atoms with van der Waals surface area (Å²) in [6.45, 7) is 7.49. The molecule has 0 radical (unpaired) electrons. The van der Waals surface area contributed by atoms with E-state index in [0.29, 0.717) is 12.5 Å². The van der Waals surface area contributed by atoms with E-state index in [-0.39, 0.29) is 5.54 Å². The van der Waals surface area contributed by atoms with Gasteiger partial charge in [-0.25, -0.2) is 0 Å². The minimum atomic E-state index is -0.172. The van der Waals surface area contributed by atoms with E-state index in [0.717, 1.165) is 64.4 Å². The summed E-state index contributed by atoms with van der Waals surface area (Å²) in [6, 6.07) is 9.99. The molecular weight excluding hydrogens is 338 g/mol. The summed E-state index contributed by atoms with van der Waals surface area (Å²) in [5.41, 5.74) is -0.172. The van der Waals surface area contributed by atoms with Crippen LogP contribution < -0.4 is 4.74 Å². The van der Waals surface area contributed by atoms with Gasteiger partial charge in [0.1, 0.15) is 17.9 Å². The molecule has 2 saturated heterocycles. The fourth-order valence-electron chi connectivity index (χ4n) is 5.05. The number of ether oxygens (including phenoxy) is 1. The molecule has 2 heterocycles. The van der Waals surface area contributed by atoms with Gasteiger partial charge in [-0.1, -0.05) is 31.0 Å². The van der Waals surface area contributed by atoms with Crippen molar-refractivity contribution in [3.05, 3.63) is 30.3 Å². The van der Waals surface area contributed by atoms with Crippen molar-refractivity contribution < 1.29 is 9.53 Å². The van der Waals surface area contributed by atoms with Gasteiger partial charge < -0.3 is 9.64 Å².